The third-order valence-electron chi connectivity index (χ3n) is 8.84. The molecule has 0 spiro atoms. The van der Waals surface area contributed by atoms with Crippen LogP contribution in [0.3, 0.4) is 0 Å². The minimum atomic E-state index is 0.334. The molecular formula is C25H38N2S. The minimum absolute atomic E-state index is 0.334. The summed E-state index contributed by atoms with van der Waals surface area (Å²) in [4.78, 5) is 0. The van der Waals surface area contributed by atoms with Crippen molar-refractivity contribution in [1.82, 2.24) is 5.32 Å². The van der Waals surface area contributed by atoms with E-state index in [0.29, 0.717) is 5.92 Å². The molecule has 5 rings (SSSR count). The van der Waals surface area contributed by atoms with E-state index in [1.54, 1.807) is 0 Å². The van der Waals surface area contributed by atoms with E-state index in [2.05, 4.69) is 35.3 Å². The highest BCUT2D eigenvalue weighted by Gasteiger charge is 2.47. The molecule has 1 N–H and O–H groups in total. The molecule has 0 bridgehead atoms. The van der Waals surface area contributed by atoms with Crippen LogP contribution in [0, 0.1) is 40.9 Å². The second-order valence-electron chi connectivity index (χ2n) is 10.5. The zero-order chi connectivity index (χ0) is 18.9. The van der Waals surface area contributed by atoms with Gasteiger partial charge in [0.25, 0.3) is 0 Å². The standard InChI is InChI=1S/C25H38N2S/c26-16-17-6-12-22-23-13-9-19(15-25(23)28-24(22)14-17)18-7-10-21(11-8-18)27-20-4-2-1-3-5-20/h9,13,17-25,27H,1-8,10-12,14-15H2. The van der Waals surface area contributed by atoms with Crippen LogP contribution in [-0.4, -0.2) is 22.6 Å². The summed E-state index contributed by atoms with van der Waals surface area (Å²) >= 11 is 2.27. The van der Waals surface area contributed by atoms with Crippen molar-refractivity contribution in [1.29, 1.82) is 5.26 Å². The molecule has 0 radical (unpaired) electrons. The van der Waals surface area contributed by atoms with E-state index in [4.69, 9.17) is 0 Å². The van der Waals surface area contributed by atoms with Crippen LogP contribution in [-0.2, 0) is 0 Å². The largest absolute Gasteiger partial charge is 0.311 e. The van der Waals surface area contributed by atoms with Crippen molar-refractivity contribution < 1.29 is 0 Å². The maximum Gasteiger partial charge on any atom is 0.0656 e. The monoisotopic (exact) mass is 398 g/mol. The van der Waals surface area contributed by atoms with Crippen molar-refractivity contribution in [3.05, 3.63) is 12.2 Å². The SMILES string of the molecule is N#CC1CCC2C(C1)SC1CC(C3CCC(NC4CCCCC4)CC3)C=CC12. The molecule has 0 aromatic rings. The topological polar surface area (TPSA) is 35.8 Å². The van der Waals surface area contributed by atoms with Gasteiger partial charge in [-0.1, -0.05) is 31.4 Å². The maximum atomic E-state index is 9.33. The Morgan fingerprint density at radius 3 is 2.36 bits per heavy atom. The van der Waals surface area contributed by atoms with Crippen LogP contribution in [0.2, 0.25) is 0 Å². The zero-order valence-electron chi connectivity index (χ0n) is 17.4. The predicted octanol–water partition coefficient (Wildman–Crippen LogP) is 6.08. The molecule has 1 aliphatic heterocycles. The quantitative estimate of drug-likeness (QED) is 0.585. The fourth-order valence-electron chi connectivity index (χ4n) is 7.22. The Morgan fingerprint density at radius 2 is 1.57 bits per heavy atom. The van der Waals surface area contributed by atoms with Gasteiger partial charge in [-0.05, 0) is 87.9 Å². The first-order chi connectivity index (χ1) is 13.8. The van der Waals surface area contributed by atoms with Gasteiger partial charge in [-0.3, -0.25) is 0 Å². The number of hydrogen-bond acceptors (Lipinski definition) is 3. The third-order valence-corrected chi connectivity index (χ3v) is 10.6. The smallest absolute Gasteiger partial charge is 0.0656 e. The number of nitrogens with zero attached hydrogens (tertiary/aromatic N) is 1. The number of allylic oxidation sites excluding steroid dienone is 2. The lowest BCUT2D eigenvalue weighted by atomic mass is 9.68. The van der Waals surface area contributed by atoms with E-state index in [0.717, 1.165) is 59.1 Å². The van der Waals surface area contributed by atoms with Gasteiger partial charge in [0, 0.05) is 28.5 Å². The number of hydrogen-bond donors (Lipinski definition) is 1. The molecule has 5 aliphatic rings. The molecule has 1 saturated heterocycles. The van der Waals surface area contributed by atoms with Gasteiger partial charge < -0.3 is 5.32 Å². The number of rotatable bonds is 3. The zero-order valence-corrected chi connectivity index (χ0v) is 18.2. The molecule has 4 fully saturated rings. The van der Waals surface area contributed by atoms with Crippen molar-refractivity contribution in [2.24, 2.45) is 29.6 Å². The van der Waals surface area contributed by atoms with E-state index in [9.17, 15) is 5.26 Å². The van der Waals surface area contributed by atoms with Crippen LogP contribution in [0.5, 0.6) is 0 Å². The Labute approximate surface area is 176 Å². The van der Waals surface area contributed by atoms with Crippen molar-refractivity contribution in [2.75, 3.05) is 0 Å². The fourth-order valence-corrected chi connectivity index (χ4v) is 9.34. The molecule has 154 valence electrons. The third kappa shape index (κ3) is 4.06. The molecule has 28 heavy (non-hydrogen) atoms. The molecule has 4 aliphatic carbocycles. The molecule has 2 nitrogen and oxygen atoms in total. The van der Waals surface area contributed by atoms with Crippen LogP contribution in [0.15, 0.2) is 12.2 Å². The normalized spacial score (nSPS) is 46.5. The van der Waals surface area contributed by atoms with Crippen LogP contribution < -0.4 is 5.32 Å². The van der Waals surface area contributed by atoms with E-state index < -0.39 is 0 Å². The van der Waals surface area contributed by atoms with Gasteiger partial charge >= 0.3 is 0 Å². The number of thioether (sulfide) groups is 1. The van der Waals surface area contributed by atoms with E-state index >= 15 is 0 Å². The minimum Gasteiger partial charge on any atom is -0.311 e. The average molecular weight is 399 g/mol. The Morgan fingerprint density at radius 1 is 0.786 bits per heavy atom. The Balaban J connectivity index is 1.12. The van der Waals surface area contributed by atoms with E-state index in [-0.39, 0.29) is 0 Å². The van der Waals surface area contributed by atoms with Gasteiger partial charge in [0.05, 0.1) is 6.07 Å². The summed E-state index contributed by atoms with van der Waals surface area (Å²) < 4.78 is 0. The Bertz CT molecular complexity index is 596. The molecule has 3 saturated carbocycles. The molecule has 3 heteroatoms. The summed E-state index contributed by atoms with van der Waals surface area (Å²) in [6, 6.07) is 4.17. The first kappa shape index (κ1) is 19.5. The highest BCUT2D eigenvalue weighted by molar-refractivity contribution is 8.00. The lowest BCUT2D eigenvalue weighted by Gasteiger charge is -2.38. The van der Waals surface area contributed by atoms with Gasteiger partial charge in [-0.25, -0.2) is 0 Å². The van der Waals surface area contributed by atoms with Gasteiger partial charge in [-0.15, -0.1) is 0 Å². The van der Waals surface area contributed by atoms with Crippen LogP contribution in [0.4, 0.5) is 0 Å². The second kappa shape index (κ2) is 8.73. The van der Waals surface area contributed by atoms with Gasteiger partial charge in [0.15, 0.2) is 0 Å². The molecule has 0 aromatic carbocycles. The summed E-state index contributed by atoms with van der Waals surface area (Å²) in [6.45, 7) is 0. The van der Waals surface area contributed by atoms with Crippen LogP contribution in [0.25, 0.3) is 0 Å². The second-order valence-corrected chi connectivity index (χ2v) is 12.0. The Kier molecular flexibility index (Phi) is 6.08. The van der Waals surface area contributed by atoms with Crippen LogP contribution in [0.1, 0.15) is 83.5 Å². The number of nitriles is 1. The lowest BCUT2D eigenvalue weighted by molar-refractivity contribution is 0.201. The Hall–Kier alpha value is -0.460. The van der Waals surface area contributed by atoms with Crippen molar-refractivity contribution in [3.63, 3.8) is 0 Å². The van der Waals surface area contributed by atoms with Gasteiger partial charge in [0.2, 0.25) is 0 Å². The van der Waals surface area contributed by atoms with Crippen molar-refractivity contribution in [3.8, 4) is 6.07 Å². The lowest BCUT2D eigenvalue weighted by Crippen LogP contribution is -2.42. The molecule has 1 heterocycles. The van der Waals surface area contributed by atoms with E-state index in [1.165, 1.54) is 70.6 Å². The number of fused-ring (bicyclic) bond motifs is 3. The molecule has 6 atom stereocenters. The molecule has 6 unspecified atom stereocenters. The summed E-state index contributed by atoms with van der Waals surface area (Å²) in [5.41, 5.74) is 0. The molecule has 0 aromatic heterocycles. The number of nitrogens with one attached hydrogen (secondary N) is 1. The highest BCUT2D eigenvalue weighted by atomic mass is 32.2. The first-order valence-electron chi connectivity index (χ1n) is 12.3. The molecular weight excluding hydrogens is 360 g/mol. The van der Waals surface area contributed by atoms with E-state index in [1.807, 2.05) is 0 Å². The predicted molar refractivity (Wildman–Crippen MR) is 118 cm³/mol. The van der Waals surface area contributed by atoms with Crippen molar-refractivity contribution in [2.45, 2.75) is 106 Å². The summed E-state index contributed by atoms with van der Waals surface area (Å²) in [5.74, 6) is 3.77. The highest BCUT2D eigenvalue weighted by Crippen LogP contribution is 2.55. The van der Waals surface area contributed by atoms with Crippen molar-refractivity contribution >= 4 is 11.8 Å². The molecule has 0 amide bonds. The first-order valence-corrected chi connectivity index (χ1v) is 13.2. The van der Waals surface area contributed by atoms with Crippen LogP contribution >= 0.6 is 11.8 Å². The van der Waals surface area contributed by atoms with Gasteiger partial charge in [0.1, 0.15) is 0 Å². The summed E-state index contributed by atoms with van der Waals surface area (Å²) in [7, 11) is 0. The summed E-state index contributed by atoms with van der Waals surface area (Å²) in [6.07, 6.45) is 23.2. The average Bonchev–Trinajstić information content (AvgIpc) is 3.11. The summed E-state index contributed by atoms with van der Waals surface area (Å²) in [5, 5.41) is 15.0. The van der Waals surface area contributed by atoms with Gasteiger partial charge in [-0.2, -0.15) is 17.0 Å². The maximum absolute atomic E-state index is 9.33. The fraction of sp³-hybridized carbons (Fsp3) is 0.880.